The molecule has 3 heterocycles. The van der Waals surface area contributed by atoms with E-state index >= 15 is 0 Å². The first-order valence-corrected chi connectivity index (χ1v) is 12.5. The summed E-state index contributed by atoms with van der Waals surface area (Å²) in [5.41, 5.74) is 3.57. The lowest BCUT2D eigenvalue weighted by atomic mass is 9.98. The Morgan fingerprint density at radius 1 is 1.00 bits per heavy atom. The molecule has 1 fully saturated rings. The molecule has 2 amide bonds. The number of hydrogen-bond donors (Lipinski definition) is 1. The number of fused-ring (bicyclic) bond motifs is 1. The smallest absolute Gasteiger partial charge is 0.322 e. The first-order chi connectivity index (χ1) is 16.5. The Labute approximate surface area is 209 Å². The summed E-state index contributed by atoms with van der Waals surface area (Å²) in [6, 6.07) is 15.1. The van der Waals surface area contributed by atoms with Gasteiger partial charge in [-0.15, -0.1) is 0 Å². The molecule has 5 rings (SSSR count). The molecule has 2 aliphatic rings. The summed E-state index contributed by atoms with van der Waals surface area (Å²) in [6.45, 7) is 5.25. The maximum atomic E-state index is 13.1. The fourth-order valence-electron chi connectivity index (χ4n) is 4.56. The van der Waals surface area contributed by atoms with Crippen molar-refractivity contribution in [3.05, 3.63) is 69.8 Å². The Hall–Kier alpha value is -2.83. The predicted molar refractivity (Wildman–Crippen MR) is 138 cm³/mol. The number of benzene rings is 2. The van der Waals surface area contributed by atoms with Crippen LogP contribution >= 0.6 is 23.2 Å². The van der Waals surface area contributed by atoms with Gasteiger partial charge in [0.15, 0.2) is 5.82 Å². The zero-order valence-electron chi connectivity index (χ0n) is 19.1. The summed E-state index contributed by atoms with van der Waals surface area (Å²) < 4.78 is 0. The van der Waals surface area contributed by atoms with Gasteiger partial charge < -0.3 is 15.1 Å². The zero-order valence-corrected chi connectivity index (χ0v) is 20.6. The maximum absolute atomic E-state index is 13.1. The SMILES string of the molecule is CC1CCN(c2nc(-c3ccccc3)nc3c2CN(C(=O)Nc2cccc(Cl)c2Cl)CC3)CC1. The first-order valence-electron chi connectivity index (χ1n) is 11.7. The molecule has 0 radical (unpaired) electrons. The minimum absolute atomic E-state index is 0.208. The van der Waals surface area contributed by atoms with Gasteiger partial charge in [-0.05, 0) is 30.9 Å². The fourth-order valence-corrected chi connectivity index (χ4v) is 4.91. The molecular formula is C26H27Cl2N5O. The average Bonchev–Trinajstić information content (AvgIpc) is 2.87. The van der Waals surface area contributed by atoms with Gasteiger partial charge in [-0.25, -0.2) is 14.8 Å². The Morgan fingerprint density at radius 2 is 1.76 bits per heavy atom. The van der Waals surface area contributed by atoms with E-state index in [-0.39, 0.29) is 6.03 Å². The second kappa shape index (κ2) is 9.80. The Kier molecular flexibility index (Phi) is 6.61. The van der Waals surface area contributed by atoms with Crippen LogP contribution in [0.2, 0.25) is 10.0 Å². The average molecular weight is 496 g/mol. The highest BCUT2D eigenvalue weighted by atomic mass is 35.5. The van der Waals surface area contributed by atoms with Crippen molar-refractivity contribution in [2.24, 2.45) is 5.92 Å². The van der Waals surface area contributed by atoms with Crippen molar-refractivity contribution in [2.75, 3.05) is 29.9 Å². The van der Waals surface area contributed by atoms with Crippen molar-refractivity contribution in [1.29, 1.82) is 0 Å². The molecule has 0 bridgehead atoms. The normalized spacial score (nSPS) is 16.3. The zero-order chi connectivity index (χ0) is 23.7. The van der Waals surface area contributed by atoms with Crippen molar-refractivity contribution in [3.8, 4) is 11.4 Å². The van der Waals surface area contributed by atoms with Gasteiger partial charge in [-0.2, -0.15) is 0 Å². The van der Waals surface area contributed by atoms with Gasteiger partial charge in [0.1, 0.15) is 5.82 Å². The van der Waals surface area contributed by atoms with Crippen LogP contribution in [-0.2, 0) is 13.0 Å². The van der Waals surface area contributed by atoms with Gasteiger partial charge in [0, 0.05) is 37.2 Å². The Bertz CT molecular complexity index is 1200. The third-order valence-electron chi connectivity index (χ3n) is 6.63. The highest BCUT2D eigenvalue weighted by Crippen LogP contribution is 2.33. The highest BCUT2D eigenvalue weighted by Gasteiger charge is 2.29. The van der Waals surface area contributed by atoms with Gasteiger partial charge in [0.05, 0.1) is 28.0 Å². The molecule has 8 heteroatoms. The van der Waals surface area contributed by atoms with Crippen LogP contribution in [0.15, 0.2) is 48.5 Å². The van der Waals surface area contributed by atoms with Crippen LogP contribution in [0.1, 0.15) is 31.0 Å². The molecule has 0 atom stereocenters. The fraction of sp³-hybridized carbons (Fsp3) is 0.346. The largest absolute Gasteiger partial charge is 0.356 e. The number of halogens is 2. The molecule has 34 heavy (non-hydrogen) atoms. The highest BCUT2D eigenvalue weighted by molar-refractivity contribution is 6.43. The van der Waals surface area contributed by atoms with E-state index in [0.717, 1.165) is 54.4 Å². The van der Waals surface area contributed by atoms with Crippen LogP contribution in [0.4, 0.5) is 16.3 Å². The maximum Gasteiger partial charge on any atom is 0.322 e. The van der Waals surface area contributed by atoms with Crippen molar-refractivity contribution >= 4 is 40.7 Å². The van der Waals surface area contributed by atoms with Gasteiger partial charge >= 0.3 is 6.03 Å². The number of anilines is 2. The molecule has 0 aliphatic carbocycles. The summed E-state index contributed by atoms with van der Waals surface area (Å²) in [7, 11) is 0. The van der Waals surface area contributed by atoms with E-state index < -0.39 is 0 Å². The number of hydrogen-bond acceptors (Lipinski definition) is 4. The molecule has 6 nitrogen and oxygen atoms in total. The second-order valence-corrected chi connectivity index (χ2v) is 9.82. The monoisotopic (exact) mass is 495 g/mol. The number of piperidine rings is 1. The van der Waals surface area contributed by atoms with Gasteiger partial charge in [-0.1, -0.05) is 66.5 Å². The van der Waals surface area contributed by atoms with Gasteiger partial charge in [0.25, 0.3) is 0 Å². The molecule has 1 saturated heterocycles. The van der Waals surface area contributed by atoms with Crippen molar-refractivity contribution in [2.45, 2.75) is 32.7 Å². The van der Waals surface area contributed by atoms with Crippen molar-refractivity contribution in [3.63, 3.8) is 0 Å². The van der Waals surface area contributed by atoms with Crippen LogP contribution in [0, 0.1) is 5.92 Å². The number of carbonyl (C=O) groups is 1. The van der Waals surface area contributed by atoms with E-state index in [9.17, 15) is 4.79 Å². The quantitative estimate of drug-likeness (QED) is 0.464. The summed E-state index contributed by atoms with van der Waals surface area (Å²) >= 11 is 12.4. The molecular weight excluding hydrogens is 469 g/mol. The van der Waals surface area contributed by atoms with E-state index in [1.54, 1.807) is 23.1 Å². The molecule has 1 aromatic heterocycles. The second-order valence-electron chi connectivity index (χ2n) is 9.03. The number of rotatable bonds is 3. The third kappa shape index (κ3) is 4.70. The number of urea groups is 1. The van der Waals surface area contributed by atoms with E-state index in [2.05, 4.69) is 17.1 Å². The predicted octanol–water partition coefficient (Wildman–Crippen LogP) is 6.28. The lowest BCUT2D eigenvalue weighted by Gasteiger charge is -2.36. The van der Waals surface area contributed by atoms with Crippen molar-refractivity contribution in [1.82, 2.24) is 14.9 Å². The Morgan fingerprint density at radius 3 is 2.53 bits per heavy atom. The molecule has 2 aliphatic heterocycles. The van der Waals surface area contributed by atoms with Crippen LogP contribution in [-0.4, -0.2) is 40.5 Å². The molecule has 2 aromatic carbocycles. The van der Waals surface area contributed by atoms with Gasteiger partial charge in [0.2, 0.25) is 0 Å². The lowest BCUT2D eigenvalue weighted by molar-refractivity contribution is 0.206. The summed E-state index contributed by atoms with van der Waals surface area (Å²) in [5, 5.41) is 3.66. The number of amides is 2. The van der Waals surface area contributed by atoms with E-state index in [4.69, 9.17) is 33.2 Å². The number of nitrogens with one attached hydrogen (secondary N) is 1. The van der Waals surface area contributed by atoms with Crippen LogP contribution in [0.25, 0.3) is 11.4 Å². The Balaban J connectivity index is 1.45. The van der Waals surface area contributed by atoms with Crippen LogP contribution in [0.3, 0.4) is 0 Å². The first kappa shape index (κ1) is 22.9. The summed E-state index contributed by atoms with van der Waals surface area (Å²) in [5.74, 6) is 2.41. The lowest BCUT2D eigenvalue weighted by Crippen LogP contribution is -2.41. The number of aromatic nitrogens is 2. The van der Waals surface area contributed by atoms with Gasteiger partial charge in [-0.3, -0.25) is 0 Å². The van der Waals surface area contributed by atoms with E-state index in [1.165, 1.54) is 0 Å². The summed E-state index contributed by atoms with van der Waals surface area (Å²) in [4.78, 5) is 27.2. The third-order valence-corrected chi connectivity index (χ3v) is 7.45. The number of nitrogens with zero attached hydrogens (tertiary/aromatic N) is 4. The molecule has 0 unspecified atom stereocenters. The molecule has 1 N–H and O–H groups in total. The van der Waals surface area contributed by atoms with Crippen LogP contribution in [0.5, 0.6) is 0 Å². The standard InChI is InChI=1S/C26H27Cl2N5O/c1-17-10-13-32(14-11-17)25-19-16-33(26(34)30-22-9-5-8-20(27)23(22)28)15-12-21(19)29-24(31-25)18-6-3-2-4-7-18/h2-9,17H,10-16H2,1H3,(H,30,34). The van der Waals surface area contributed by atoms with Crippen LogP contribution < -0.4 is 10.2 Å². The van der Waals surface area contributed by atoms with E-state index in [1.807, 2.05) is 30.3 Å². The molecule has 0 spiro atoms. The molecule has 0 saturated carbocycles. The van der Waals surface area contributed by atoms with E-state index in [0.29, 0.717) is 41.2 Å². The minimum atomic E-state index is -0.208. The molecule has 3 aromatic rings. The van der Waals surface area contributed by atoms with Crippen molar-refractivity contribution < 1.29 is 4.79 Å². The topological polar surface area (TPSA) is 61.4 Å². The summed E-state index contributed by atoms with van der Waals surface area (Å²) in [6.07, 6.45) is 2.94. The number of carbonyl (C=O) groups excluding carboxylic acids is 1. The molecule has 176 valence electrons. The minimum Gasteiger partial charge on any atom is -0.356 e.